The van der Waals surface area contributed by atoms with Crippen molar-refractivity contribution in [3.63, 3.8) is 0 Å². The standard InChI is InChI=1S/C18H23NO3/c1-4-7-14-15(18(21)22-6-3)9-10-19-12-13(11-16(14)19)17(20)8-5-2/h9-12H,4-8H2,1-3H3. The number of aromatic nitrogens is 1. The maximum atomic E-state index is 12.1. The molecule has 2 aromatic heterocycles. The Kier molecular flexibility index (Phi) is 5.36. The Labute approximate surface area is 131 Å². The second kappa shape index (κ2) is 7.25. The lowest BCUT2D eigenvalue weighted by atomic mass is 10.0. The second-order valence-electron chi connectivity index (χ2n) is 5.37. The van der Waals surface area contributed by atoms with E-state index in [1.54, 1.807) is 13.0 Å². The summed E-state index contributed by atoms with van der Waals surface area (Å²) in [7, 11) is 0. The summed E-state index contributed by atoms with van der Waals surface area (Å²) in [4.78, 5) is 24.2. The van der Waals surface area contributed by atoms with Crippen LogP contribution in [0.2, 0.25) is 0 Å². The van der Waals surface area contributed by atoms with Gasteiger partial charge in [-0.05, 0) is 37.5 Å². The van der Waals surface area contributed by atoms with Crippen LogP contribution in [-0.2, 0) is 11.2 Å². The first-order valence-electron chi connectivity index (χ1n) is 7.96. The number of carbonyl (C=O) groups excluding carboxylic acids is 2. The number of aryl methyl sites for hydroxylation is 1. The molecular weight excluding hydrogens is 278 g/mol. The molecule has 0 saturated carbocycles. The lowest BCUT2D eigenvalue weighted by Gasteiger charge is -2.10. The minimum Gasteiger partial charge on any atom is -0.462 e. The molecule has 0 atom stereocenters. The highest BCUT2D eigenvalue weighted by molar-refractivity contribution is 5.99. The third-order valence-electron chi connectivity index (χ3n) is 3.68. The van der Waals surface area contributed by atoms with Crippen molar-refractivity contribution in [3.8, 4) is 0 Å². The third-order valence-corrected chi connectivity index (χ3v) is 3.68. The fourth-order valence-electron chi connectivity index (χ4n) is 2.67. The first-order valence-corrected chi connectivity index (χ1v) is 7.96. The van der Waals surface area contributed by atoms with E-state index in [0.29, 0.717) is 24.2 Å². The highest BCUT2D eigenvalue weighted by Gasteiger charge is 2.17. The summed E-state index contributed by atoms with van der Waals surface area (Å²) < 4.78 is 7.07. The number of esters is 1. The van der Waals surface area contributed by atoms with Crippen molar-refractivity contribution in [1.82, 2.24) is 4.40 Å². The van der Waals surface area contributed by atoms with Crippen LogP contribution in [0.25, 0.3) is 5.52 Å². The molecule has 22 heavy (non-hydrogen) atoms. The zero-order valence-electron chi connectivity index (χ0n) is 13.5. The molecule has 0 fully saturated rings. The quantitative estimate of drug-likeness (QED) is 0.572. The smallest absolute Gasteiger partial charge is 0.338 e. The molecule has 0 bridgehead atoms. The lowest BCUT2D eigenvalue weighted by Crippen LogP contribution is -2.09. The zero-order valence-corrected chi connectivity index (χ0v) is 13.5. The van der Waals surface area contributed by atoms with Crippen LogP contribution >= 0.6 is 0 Å². The minimum absolute atomic E-state index is 0.145. The van der Waals surface area contributed by atoms with E-state index < -0.39 is 0 Å². The fourth-order valence-corrected chi connectivity index (χ4v) is 2.67. The van der Waals surface area contributed by atoms with Crippen molar-refractivity contribution < 1.29 is 14.3 Å². The molecule has 0 N–H and O–H groups in total. The molecule has 0 aliphatic carbocycles. The van der Waals surface area contributed by atoms with Gasteiger partial charge in [-0.3, -0.25) is 4.79 Å². The Balaban J connectivity index is 2.53. The van der Waals surface area contributed by atoms with Gasteiger partial charge in [0.15, 0.2) is 5.78 Å². The van der Waals surface area contributed by atoms with E-state index in [9.17, 15) is 9.59 Å². The van der Waals surface area contributed by atoms with Gasteiger partial charge in [0.2, 0.25) is 0 Å². The van der Waals surface area contributed by atoms with Crippen molar-refractivity contribution in [2.45, 2.75) is 46.5 Å². The van der Waals surface area contributed by atoms with E-state index >= 15 is 0 Å². The molecule has 0 saturated heterocycles. The van der Waals surface area contributed by atoms with Gasteiger partial charge >= 0.3 is 5.97 Å². The monoisotopic (exact) mass is 301 g/mol. The van der Waals surface area contributed by atoms with Gasteiger partial charge in [-0.1, -0.05) is 20.3 Å². The number of fused-ring (bicyclic) bond motifs is 1. The van der Waals surface area contributed by atoms with Gasteiger partial charge in [-0.25, -0.2) is 4.79 Å². The maximum Gasteiger partial charge on any atom is 0.338 e. The summed E-state index contributed by atoms with van der Waals surface area (Å²) in [6, 6.07) is 3.68. The van der Waals surface area contributed by atoms with Gasteiger partial charge in [0, 0.05) is 29.9 Å². The van der Waals surface area contributed by atoms with Crippen LogP contribution in [0, 0.1) is 0 Å². The summed E-state index contributed by atoms with van der Waals surface area (Å²) >= 11 is 0. The fraction of sp³-hybridized carbons (Fsp3) is 0.444. The minimum atomic E-state index is -0.295. The van der Waals surface area contributed by atoms with Gasteiger partial charge in [0.25, 0.3) is 0 Å². The van der Waals surface area contributed by atoms with Gasteiger partial charge in [-0.2, -0.15) is 0 Å². The molecule has 2 rings (SSSR count). The lowest BCUT2D eigenvalue weighted by molar-refractivity contribution is 0.0525. The highest BCUT2D eigenvalue weighted by atomic mass is 16.5. The van der Waals surface area contributed by atoms with Crippen molar-refractivity contribution in [3.05, 3.63) is 41.2 Å². The number of pyridine rings is 1. The largest absolute Gasteiger partial charge is 0.462 e. The number of Topliss-reactive ketones (excluding diaryl/α,β-unsaturated/α-hetero) is 1. The van der Waals surface area contributed by atoms with Gasteiger partial charge < -0.3 is 9.14 Å². The van der Waals surface area contributed by atoms with Crippen molar-refractivity contribution in [1.29, 1.82) is 0 Å². The SMILES string of the molecule is CCCC(=O)c1cc2c(CCC)c(C(=O)OCC)ccn2c1. The van der Waals surface area contributed by atoms with Crippen molar-refractivity contribution in [2.75, 3.05) is 6.61 Å². The van der Waals surface area contributed by atoms with Gasteiger partial charge in [-0.15, -0.1) is 0 Å². The molecule has 0 amide bonds. The van der Waals surface area contributed by atoms with Crippen LogP contribution in [0.5, 0.6) is 0 Å². The molecule has 0 aromatic carbocycles. The first kappa shape index (κ1) is 16.3. The van der Waals surface area contributed by atoms with Crippen LogP contribution in [0.3, 0.4) is 0 Å². The van der Waals surface area contributed by atoms with Crippen LogP contribution < -0.4 is 0 Å². The van der Waals surface area contributed by atoms with Crippen LogP contribution in [0.1, 0.15) is 66.3 Å². The number of nitrogens with zero attached hydrogens (tertiary/aromatic N) is 1. The number of hydrogen-bond donors (Lipinski definition) is 0. The van der Waals surface area contributed by atoms with E-state index in [-0.39, 0.29) is 11.8 Å². The summed E-state index contributed by atoms with van der Waals surface area (Å²) in [5.74, 6) is -0.151. The third kappa shape index (κ3) is 3.21. The van der Waals surface area contributed by atoms with Gasteiger partial charge in [0.05, 0.1) is 12.2 Å². The summed E-state index contributed by atoms with van der Waals surface area (Å²) in [5.41, 5.74) is 3.19. The predicted octanol–water partition coefficient (Wildman–Crippen LogP) is 4.05. The molecule has 2 aromatic rings. The van der Waals surface area contributed by atoms with Crippen molar-refractivity contribution >= 4 is 17.3 Å². The zero-order chi connectivity index (χ0) is 16.1. The maximum absolute atomic E-state index is 12.1. The molecule has 4 nitrogen and oxygen atoms in total. The molecule has 0 spiro atoms. The second-order valence-corrected chi connectivity index (χ2v) is 5.37. The van der Waals surface area contributed by atoms with E-state index in [4.69, 9.17) is 4.74 Å². The molecular formula is C18H23NO3. The topological polar surface area (TPSA) is 47.8 Å². The molecule has 0 radical (unpaired) electrons. The number of ether oxygens (including phenoxy) is 1. The van der Waals surface area contributed by atoms with E-state index in [0.717, 1.165) is 30.3 Å². The van der Waals surface area contributed by atoms with E-state index in [1.165, 1.54) is 0 Å². The number of ketones is 1. The summed E-state index contributed by atoms with van der Waals surface area (Å²) in [5, 5.41) is 0. The average Bonchev–Trinajstić information content (AvgIpc) is 2.93. The Morgan fingerprint density at radius 2 is 1.95 bits per heavy atom. The molecule has 118 valence electrons. The van der Waals surface area contributed by atoms with Crippen molar-refractivity contribution in [2.24, 2.45) is 0 Å². The predicted molar refractivity (Wildman–Crippen MR) is 86.6 cm³/mol. The summed E-state index contributed by atoms with van der Waals surface area (Å²) in [6.07, 6.45) is 6.76. The Bertz CT molecular complexity index is 685. The average molecular weight is 301 g/mol. The first-order chi connectivity index (χ1) is 10.6. The van der Waals surface area contributed by atoms with E-state index in [2.05, 4.69) is 6.92 Å². The Hall–Kier alpha value is -2.10. The molecule has 4 heteroatoms. The van der Waals surface area contributed by atoms with Gasteiger partial charge in [0.1, 0.15) is 0 Å². The number of hydrogen-bond acceptors (Lipinski definition) is 3. The van der Waals surface area contributed by atoms with E-state index in [1.807, 2.05) is 29.8 Å². The normalized spacial score (nSPS) is 10.9. The molecule has 0 aliphatic rings. The van der Waals surface area contributed by atoms with Crippen LogP contribution in [-0.4, -0.2) is 22.8 Å². The summed E-state index contributed by atoms with van der Waals surface area (Å²) in [6.45, 7) is 6.23. The Morgan fingerprint density at radius 1 is 1.18 bits per heavy atom. The molecule has 0 aliphatic heterocycles. The van der Waals surface area contributed by atoms with Crippen LogP contribution in [0.15, 0.2) is 24.5 Å². The van der Waals surface area contributed by atoms with Crippen LogP contribution in [0.4, 0.5) is 0 Å². The number of rotatable bonds is 7. The molecule has 2 heterocycles. The number of carbonyl (C=O) groups is 2. The molecule has 0 unspecified atom stereocenters. The Morgan fingerprint density at radius 3 is 2.59 bits per heavy atom. The highest BCUT2D eigenvalue weighted by Crippen LogP contribution is 2.22.